The lowest BCUT2D eigenvalue weighted by Crippen LogP contribution is -2.49. The minimum Gasteiger partial charge on any atom is -0.396 e. The van der Waals surface area contributed by atoms with Crippen LogP contribution in [0.1, 0.15) is 347 Å². The average molecular weight is 1820 g/mol. The van der Waals surface area contributed by atoms with Crippen LogP contribution < -0.4 is 0 Å². The molecular formula is C106H226N10O11. The number of aliphatic hydroxyl groups excluding tert-OH is 1. The van der Waals surface area contributed by atoms with Gasteiger partial charge in [0.2, 0.25) is 0 Å². The number of hydrogen-bond acceptors (Lipinski definition) is 21. The third-order valence-electron chi connectivity index (χ3n) is 23.7. The highest BCUT2D eigenvalue weighted by molar-refractivity contribution is 4.77. The maximum atomic E-state index is 8.30. The van der Waals surface area contributed by atoms with E-state index in [9.17, 15) is 0 Å². The van der Waals surface area contributed by atoms with E-state index in [2.05, 4.69) is 229 Å². The van der Waals surface area contributed by atoms with Crippen molar-refractivity contribution in [2.75, 3.05) is 256 Å². The molecule has 0 radical (unpaired) electrons. The summed E-state index contributed by atoms with van der Waals surface area (Å²) in [4.78, 5) is 25.5. The van der Waals surface area contributed by atoms with E-state index in [1.54, 1.807) is 0 Å². The van der Waals surface area contributed by atoms with Gasteiger partial charge in [0.15, 0.2) is 0 Å². The van der Waals surface area contributed by atoms with Crippen LogP contribution in [0.2, 0.25) is 0 Å². The molecule has 4 atom stereocenters. The summed E-state index contributed by atoms with van der Waals surface area (Å²) in [6, 6.07) is 1.49. The van der Waals surface area contributed by atoms with E-state index in [1.165, 1.54) is 324 Å². The second-order valence-corrected chi connectivity index (χ2v) is 41.0. The summed E-state index contributed by atoms with van der Waals surface area (Å²) >= 11 is 0. The van der Waals surface area contributed by atoms with Crippen molar-refractivity contribution in [3.63, 3.8) is 0 Å². The summed E-state index contributed by atoms with van der Waals surface area (Å²) in [6.45, 7) is 101. The van der Waals surface area contributed by atoms with Crippen molar-refractivity contribution >= 4 is 0 Å². The van der Waals surface area contributed by atoms with Crippen LogP contribution in [0.15, 0.2) is 0 Å². The van der Waals surface area contributed by atoms with E-state index >= 15 is 0 Å². The van der Waals surface area contributed by atoms with Crippen molar-refractivity contribution in [3.05, 3.63) is 0 Å². The number of piperazine rings is 2. The predicted octanol–water partition coefficient (Wildman–Crippen LogP) is 20.3. The molecule has 127 heavy (non-hydrogen) atoms. The number of hydrogen-bond donors (Lipinski definition) is 1. The zero-order valence-corrected chi connectivity index (χ0v) is 90.2. The molecule has 21 heteroatoms. The van der Waals surface area contributed by atoms with Gasteiger partial charge in [0.05, 0.1) is 61.0 Å². The summed E-state index contributed by atoms with van der Waals surface area (Å²) in [5.74, 6) is 2.69. The minimum atomic E-state index is 0.229. The number of rotatable bonds is 48. The molecule has 8 saturated heterocycles. The Morgan fingerprint density at radius 2 is 0.480 bits per heavy atom. The van der Waals surface area contributed by atoms with Crippen LogP contribution in [-0.4, -0.2) is 384 Å². The third kappa shape index (κ3) is 90.1. The molecule has 8 aliphatic rings. The Kier molecular flexibility index (Phi) is 89.9. The summed E-state index contributed by atoms with van der Waals surface area (Å²) in [6.07, 6.45) is 36.1. The van der Waals surface area contributed by atoms with Crippen molar-refractivity contribution < 1.29 is 52.5 Å². The predicted molar refractivity (Wildman–Crippen MR) is 547 cm³/mol. The van der Waals surface area contributed by atoms with Crippen LogP contribution in [0, 0.1) is 17.8 Å². The number of nitrogens with zero attached hydrogens (tertiary/aromatic N) is 10. The van der Waals surface area contributed by atoms with Crippen LogP contribution in [0.25, 0.3) is 0 Å². The van der Waals surface area contributed by atoms with Crippen molar-refractivity contribution in [1.29, 1.82) is 0 Å². The topological polar surface area (TPSA) is 145 Å². The molecule has 2 unspecified atom stereocenters. The van der Waals surface area contributed by atoms with Gasteiger partial charge in [0, 0.05) is 209 Å². The van der Waals surface area contributed by atoms with E-state index in [0.29, 0.717) is 73.7 Å². The minimum absolute atomic E-state index is 0.229. The molecule has 0 amide bonds. The molecular weight excluding hydrogens is 1590 g/mol. The fourth-order valence-corrected chi connectivity index (χ4v) is 16.5. The quantitative estimate of drug-likeness (QED) is 0.0576. The Labute approximate surface area is 792 Å². The molecule has 0 saturated carbocycles. The van der Waals surface area contributed by atoms with Crippen LogP contribution in [-0.2, 0) is 47.4 Å². The van der Waals surface area contributed by atoms with E-state index in [-0.39, 0.29) is 6.61 Å². The summed E-state index contributed by atoms with van der Waals surface area (Å²) in [5, 5.41) is 8.30. The van der Waals surface area contributed by atoms with Gasteiger partial charge in [-0.1, -0.05) is 47.0 Å². The smallest absolute Gasteiger partial charge is 0.0518 e. The summed E-state index contributed by atoms with van der Waals surface area (Å²) in [7, 11) is 2.19. The van der Waals surface area contributed by atoms with Crippen molar-refractivity contribution in [3.8, 4) is 0 Å². The monoisotopic (exact) mass is 1820 g/mol. The van der Waals surface area contributed by atoms with Gasteiger partial charge < -0.3 is 96.6 Å². The molecule has 8 fully saturated rings. The molecule has 1 N–H and O–H groups in total. The Morgan fingerprint density at radius 1 is 0.244 bits per heavy atom. The Hall–Kier alpha value is -0.840. The van der Waals surface area contributed by atoms with E-state index in [4.69, 9.17) is 52.5 Å². The van der Waals surface area contributed by atoms with Crippen LogP contribution in [0.4, 0.5) is 0 Å². The van der Waals surface area contributed by atoms with Gasteiger partial charge in [-0.05, 0) is 378 Å². The van der Waals surface area contributed by atoms with Crippen LogP contribution >= 0.6 is 0 Å². The first kappa shape index (κ1) is 128. The molecule has 0 aliphatic carbocycles. The molecule has 21 nitrogen and oxygen atoms in total. The van der Waals surface area contributed by atoms with Crippen molar-refractivity contribution in [2.45, 2.75) is 421 Å². The lowest BCUT2D eigenvalue weighted by molar-refractivity contribution is 0.0604. The molecule has 0 spiro atoms. The molecule has 766 valence electrons. The fraction of sp³-hybridized carbons (Fsp3) is 1.00. The van der Waals surface area contributed by atoms with Crippen LogP contribution in [0.3, 0.4) is 0 Å². The molecule has 0 bridgehead atoms. The number of aliphatic hydroxyl groups is 1. The third-order valence-corrected chi connectivity index (χ3v) is 23.7. The lowest BCUT2D eigenvalue weighted by Gasteiger charge is -2.36. The first-order chi connectivity index (χ1) is 60.6. The fourth-order valence-electron chi connectivity index (χ4n) is 16.5. The standard InChI is InChI=1S/C13H28N2O.4C12H25NO.C11H24N2O.2C11H23NO.C6H14O2.C6H14O/c1-12(2)15-9-7-14(8-10-15)6-5-11-16-13(3)4;3*1-11(2)14-9-5-8-13-7-4-6-12(3)10-13;1-11(2)14-10-6-9-13-8-5-4-7-12(13)3;1-11(2)14-10-4-5-13-8-6-12(3)7-9-13;2*1-11(2)13-10-6-9-12-7-4-3-5-8-12;1-6(2)8-5-3-4-7;1-4-5-7-6(2)3/h12-13H,5-11H2,1-4H3;4*11-12H,4-10H2,1-3H3;11H,4-10H2,1-3H3;2*11H,3-10H2,1-2H3;6-7H,3-5H2,1-2H3;6H,4-5H2,1-3H3/t;2*12-;;;;;;;/m.10......./s1. The maximum absolute atomic E-state index is 8.30. The number of likely N-dealkylation sites (N-methyl/N-ethyl adjacent to an activating group) is 1. The Balaban J connectivity index is 0. The normalized spacial score (nSPS) is 20.8. The number of piperidine rings is 6. The maximum Gasteiger partial charge on any atom is 0.0518 e. The molecule has 8 rings (SSSR count). The Bertz CT molecular complexity index is 2080. The van der Waals surface area contributed by atoms with Gasteiger partial charge in [0.1, 0.15) is 0 Å². The summed E-state index contributed by atoms with van der Waals surface area (Å²) in [5.41, 5.74) is 0. The lowest BCUT2D eigenvalue weighted by atomic mass is 10.0. The average Bonchev–Trinajstić information content (AvgIpc) is 0.901. The second-order valence-electron chi connectivity index (χ2n) is 41.0. The SMILES string of the molecule is CC(C)OCCCN1CCCCC1.CC(C)OCCCN1CCCCC1.CC(C)OCCCN1CCCCC1C.CC(C)OCCCN1CCC[C@@H](C)C1.CC(C)OCCCN1CCC[C@H](C)C1.CC(C)OCCCN1CCN(C(C)C)CC1.CC(C)OCCCN1CCN(C)CC1.CC(C)OCCCO.CC1CCCN(CCCOC(C)C)C1.CCCOC(C)C. The number of ether oxygens (including phenoxy) is 10. The second kappa shape index (κ2) is 89.1. The van der Waals surface area contributed by atoms with E-state index in [1.807, 2.05) is 13.8 Å². The highest BCUT2D eigenvalue weighted by Crippen LogP contribution is 2.20. The largest absolute Gasteiger partial charge is 0.396 e. The van der Waals surface area contributed by atoms with Gasteiger partial charge in [-0.2, -0.15) is 0 Å². The molecule has 8 aliphatic heterocycles. The Morgan fingerprint density at radius 3 is 0.724 bits per heavy atom. The van der Waals surface area contributed by atoms with E-state index < -0.39 is 0 Å². The summed E-state index contributed by atoms with van der Waals surface area (Å²) < 4.78 is 54.5. The van der Waals surface area contributed by atoms with Crippen molar-refractivity contribution in [1.82, 2.24) is 49.0 Å². The molecule has 0 aromatic heterocycles. The molecule has 0 aromatic rings. The first-order valence-electron chi connectivity index (χ1n) is 53.6. The zero-order valence-electron chi connectivity index (χ0n) is 90.2. The van der Waals surface area contributed by atoms with E-state index in [0.717, 1.165) is 96.1 Å². The van der Waals surface area contributed by atoms with Gasteiger partial charge in [-0.25, -0.2) is 0 Å². The molecule has 8 heterocycles. The van der Waals surface area contributed by atoms with Crippen LogP contribution in [0.5, 0.6) is 0 Å². The van der Waals surface area contributed by atoms with Gasteiger partial charge in [0.25, 0.3) is 0 Å². The zero-order chi connectivity index (χ0) is 95.1. The first-order valence-corrected chi connectivity index (χ1v) is 53.6. The van der Waals surface area contributed by atoms with Gasteiger partial charge >= 0.3 is 0 Å². The van der Waals surface area contributed by atoms with Gasteiger partial charge in [-0.15, -0.1) is 0 Å². The highest BCUT2D eigenvalue weighted by Gasteiger charge is 2.22. The van der Waals surface area contributed by atoms with Crippen molar-refractivity contribution in [2.24, 2.45) is 17.8 Å². The molecule has 0 aromatic carbocycles. The highest BCUT2D eigenvalue weighted by atomic mass is 16.5. The number of likely N-dealkylation sites (tertiary alicyclic amines) is 6. The van der Waals surface area contributed by atoms with Gasteiger partial charge in [-0.3, -0.25) is 4.90 Å².